The number of nitrogens with zero attached hydrogens (tertiary/aromatic N) is 1. The molecule has 87 valence electrons. The van der Waals surface area contributed by atoms with Crippen molar-refractivity contribution in [3.8, 4) is 0 Å². The van der Waals surface area contributed by atoms with Gasteiger partial charge in [-0.15, -0.1) is 0 Å². The number of rotatable bonds is 6. The molecule has 3 nitrogen and oxygen atoms in total. The van der Waals surface area contributed by atoms with Crippen LogP contribution >= 0.6 is 0 Å². The van der Waals surface area contributed by atoms with Gasteiger partial charge in [0.15, 0.2) is 0 Å². The second kappa shape index (κ2) is 7.01. The number of likely N-dealkylation sites (N-methyl/N-ethyl adjacent to an activating group) is 1. The predicted molar refractivity (Wildman–Crippen MR) is 65.4 cm³/mol. The summed E-state index contributed by atoms with van der Waals surface area (Å²) in [6.45, 7) is 7.87. The molecule has 0 unspecified atom stereocenters. The van der Waals surface area contributed by atoms with Gasteiger partial charge in [0.1, 0.15) is 0 Å². The molecule has 0 aliphatic rings. The third-order valence-corrected chi connectivity index (χ3v) is 2.58. The third-order valence-electron chi connectivity index (χ3n) is 2.58. The molecule has 1 radical (unpaired) electrons. The predicted octanol–water partition coefficient (Wildman–Crippen LogP) is 1.56. The summed E-state index contributed by atoms with van der Waals surface area (Å²) in [5.41, 5.74) is 0.669. The standard InChI is InChI=1S/C13H19N2O/c1-3-15(4-2)11-10-14-13(16)12-8-6-5-7-9-12/h5-6,8-9H,3-4,10-11H2,1-2H3,(H,14,16). The smallest absolute Gasteiger partial charge is 0.251 e. The number of carbonyl (C=O) groups excluding carboxylic acids is 1. The summed E-state index contributed by atoms with van der Waals surface area (Å²) in [7, 11) is 0. The van der Waals surface area contributed by atoms with Gasteiger partial charge in [-0.3, -0.25) is 4.79 Å². The van der Waals surface area contributed by atoms with Gasteiger partial charge in [0.2, 0.25) is 0 Å². The Balaban J connectivity index is 2.31. The maximum absolute atomic E-state index is 11.7. The van der Waals surface area contributed by atoms with E-state index < -0.39 is 0 Å². The van der Waals surface area contributed by atoms with Crippen LogP contribution in [0.3, 0.4) is 0 Å². The van der Waals surface area contributed by atoms with Crippen molar-refractivity contribution in [3.63, 3.8) is 0 Å². The Labute approximate surface area is 97.5 Å². The minimum atomic E-state index is -0.0241. The second-order valence-electron chi connectivity index (χ2n) is 3.57. The first-order valence-corrected chi connectivity index (χ1v) is 5.74. The van der Waals surface area contributed by atoms with Crippen LogP contribution in [-0.2, 0) is 0 Å². The zero-order valence-electron chi connectivity index (χ0n) is 9.99. The quantitative estimate of drug-likeness (QED) is 0.787. The van der Waals surface area contributed by atoms with Gasteiger partial charge in [-0.05, 0) is 31.3 Å². The second-order valence-corrected chi connectivity index (χ2v) is 3.57. The van der Waals surface area contributed by atoms with Crippen LogP contribution in [0, 0.1) is 6.07 Å². The topological polar surface area (TPSA) is 32.3 Å². The molecular weight excluding hydrogens is 200 g/mol. The minimum absolute atomic E-state index is 0.0241. The van der Waals surface area contributed by atoms with Crippen molar-refractivity contribution in [2.75, 3.05) is 26.2 Å². The van der Waals surface area contributed by atoms with Gasteiger partial charge in [-0.2, -0.15) is 0 Å². The van der Waals surface area contributed by atoms with E-state index in [1.807, 2.05) is 6.07 Å². The summed E-state index contributed by atoms with van der Waals surface area (Å²) in [5, 5.41) is 2.90. The Bertz CT molecular complexity index is 307. The highest BCUT2D eigenvalue weighted by atomic mass is 16.1. The molecular formula is C13H19N2O. The van der Waals surface area contributed by atoms with Crippen LogP contribution in [-0.4, -0.2) is 37.0 Å². The highest BCUT2D eigenvalue weighted by Gasteiger charge is 2.04. The summed E-state index contributed by atoms with van der Waals surface area (Å²) < 4.78 is 0. The molecule has 0 saturated carbocycles. The fraction of sp³-hybridized carbons (Fsp3) is 0.462. The highest BCUT2D eigenvalue weighted by molar-refractivity contribution is 5.94. The molecule has 3 heteroatoms. The first kappa shape index (κ1) is 12.7. The lowest BCUT2D eigenvalue weighted by Crippen LogP contribution is -2.34. The molecule has 0 saturated heterocycles. The molecule has 1 N–H and O–H groups in total. The van der Waals surface area contributed by atoms with Crippen molar-refractivity contribution in [1.82, 2.24) is 10.2 Å². The molecule has 0 aliphatic carbocycles. The molecule has 0 bridgehead atoms. The Morgan fingerprint density at radius 3 is 2.75 bits per heavy atom. The van der Waals surface area contributed by atoms with Crippen LogP contribution in [0.4, 0.5) is 0 Å². The van der Waals surface area contributed by atoms with Gasteiger partial charge >= 0.3 is 0 Å². The number of nitrogens with one attached hydrogen (secondary N) is 1. The maximum Gasteiger partial charge on any atom is 0.251 e. The Hall–Kier alpha value is -1.35. The Morgan fingerprint density at radius 1 is 1.44 bits per heavy atom. The number of carbonyl (C=O) groups is 1. The number of hydrogen-bond donors (Lipinski definition) is 1. The molecule has 0 aliphatic heterocycles. The van der Waals surface area contributed by atoms with Gasteiger partial charge in [0.05, 0.1) is 0 Å². The van der Waals surface area contributed by atoms with E-state index in [0.29, 0.717) is 12.1 Å². The maximum atomic E-state index is 11.7. The largest absolute Gasteiger partial charge is 0.351 e. The number of hydrogen-bond acceptors (Lipinski definition) is 2. The molecule has 1 rings (SSSR count). The van der Waals surface area contributed by atoms with E-state index in [2.05, 4.69) is 30.1 Å². The van der Waals surface area contributed by atoms with Gasteiger partial charge in [0.25, 0.3) is 5.91 Å². The molecule has 16 heavy (non-hydrogen) atoms. The van der Waals surface area contributed by atoms with Crippen molar-refractivity contribution < 1.29 is 4.79 Å². The van der Waals surface area contributed by atoms with Gasteiger partial charge in [-0.25, -0.2) is 0 Å². The van der Waals surface area contributed by atoms with Crippen LogP contribution in [0.5, 0.6) is 0 Å². The van der Waals surface area contributed by atoms with Crippen molar-refractivity contribution >= 4 is 5.91 Å². The monoisotopic (exact) mass is 219 g/mol. The molecule has 0 aromatic heterocycles. The lowest BCUT2D eigenvalue weighted by molar-refractivity contribution is 0.0949. The fourth-order valence-electron chi connectivity index (χ4n) is 1.50. The average Bonchev–Trinajstić information content (AvgIpc) is 2.35. The van der Waals surface area contributed by atoms with E-state index in [9.17, 15) is 4.79 Å². The first-order valence-electron chi connectivity index (χ1n) is 5.74. The summed E-state index contributed by atoms with van der Waals surface area (Å²) in [6.07, 6.45) is 0. The highest BCUT2D eigenvalue weighted by Crippen LogP contribution is 1.96. The molecule has 0 atom stereocenters. The SMILES string of the molecule is CCN(CC)CCNC(=O)c1c[c]ccc1. The lowest BCUT2D eigenvalue weighted by atomic mass is 10.2. The van der Waals surface area contributed by atoms with E-state index in [1.165, 1.54) is 0 Å². The fourth-order valence-corrected chi connectivity index (χ4v) is 1.50. The molecule has 1 amide bonds. The normalized spacial score (nSPS) is 10.4. The zero-order valence-corrected chi connectivity index (χ0v) is 9.99. The summed E-state index contributed by atoms with van der Waals surface area (Å²) in [4.78, 5) is 13.9. The van der Waals surface area contributed by atoms with Crippen LogP contribution < -0.4 is 5.32 Å². The zero-order chi connectivity index (χ0) is 11.8. The van der Waals surface area contributed by atoms with Crippen molar-refractivity contribution in [1.29, 1.82) is 0 Å². The summed E-state index contributed by atoms with van der Waals surface area (Å²) in [6, 6.07) is 9.99. The molecule has 0 heterocycles. The average molecular weight is 219 g/mol. The Kier molecular flexibility index (Phi) is 5.57. The molecule has 0 fully saturated rings. The van der Waals surface area contributed by atoms with Crippen LogP contribution in [0.15, 0.2) is 24.3 Å². The molecule has 1 aromatic carbocycles. The van der Waals surface area contributed by atoms with Crippen molar-refractivity contribution in [2.45, 2.75) is 13.8 Å². The van der Waals surface area contributed by atoms with Crippen LogP contribution in [0.1, 0.15) is 24.2 Å². The van der Waals surface area contributed by atoms with Gasteiger partial charge in [0, 0.05) is 18.7 Å². The van der Waals surface area contributed by atoms with Crippen LogP contribution in [0.2, 0.25) is 0 Å². The molecule has 1 aromatic rings. The van der Waals surface area contributed by atoms with E-state index >= 15 is 0 Å². The minimum Gasteiger partial charge on any atom is -0.351 e. The van der Waals surface area contributed by atoms with E-state index in [-0.39, 0.29) is 5.91 Å². The number of amides is 1. The lowest BCUT2D eigenvalue weighted by Gasteiger charge is -2.17. The summed E-state index contributed by atoms with van der Waals surface area (Å²) >= 11 is 0. The van der Waals surface area contributed by atoms with E-state index in [4.69, 9.17) is 0 Å². The molecule has 0 spiro atoms. The Morgan fingerprint density at radius 2 is 2.19 bits per heavy atom. The van der Waals surface area contributed by atoms with Gasteiger partial charge < -0.3 is 10.2 Å². The van der Waals surface area contributed by atoms with E-state index in [1.54, 1.807) is 18.2 Å². The van der Waals surface area contributed by atoms with Crippen LogP contribution in [0.25, 0.3) is 0 Å². The first-order chi connectivity index (χ1) is 7.77. The van der Waals surface area contributed by atoms with Crippen molar-refractivity contribution in [2.24, 2.45) is 0 Å². The number of benzene rings is 1. The van der Waals surface area contributed by atoms with Gasteiger partial charge in [-0.1, -0.05) is 26.0 Å². The third kappa shape index (κ3) is 4.03. The van der Waals surface area contributed by atoms with E-state index in [0.717, 1.165) is 19.6 Å². The summed E-state index contributed by atoms with van der Waals surface area (Å²) in [5.74, 6) is -0.0241. The van der Waals surface area contributed by atoms with Crippen molar-refractivity contribution in [3.05, 3.63) is 35.9 Å².